The van der Waals surface area contributed by atoms with Crippen LogP contribution in [0.1, 0.15) is 53.5 Å². The Bertz CT molecular complexity index is 766. The van der Waals surface area contributed by atoms with Gasteiger partial charge in [0.25, 0.3) is 5.91 Å². The van der Waals surface area contributed by atoms with Crippen molar-refractivity contribution in [3.05, 3.63) is 35.5 Å². The van der Waals surface area contributed by atoms with Crippen molar-refractivity contribution >= 4 is 5.91 Å². The van der Waals surface area contributed by atoms with Crippen LogP contribution in [0.4, 0.5) is 0 Å². The number of fused-ring (bicyclic) bond motifs is 1. The lowest BCUT2D eigenvalue weighted by Crippen LogP contribution is -2.33. The largest absolute Gasteiger partial charge is 0.476 e. The van der Waals surface area contributed by atoms with Crippen LogP contribution in [0.2, 0.25) is 0 Å². The molecule has 2 heterocycles. The van der Waals surface area contributed by atoms with Crippen molar-refractivity contribution in [2.24, 2.45) is 13.0 Å². The first kappa shape index (κ1) is 16.1. The van der Waals surface area contributed by atoms with E-state index in [1.165, 1.54) is 24.7 Å². The first-order valence-electron chi connectivity index (χ1n) is 8.86. The second kappa shape index (κ2) is 6.46. The zero-order chi connectivity index (χ0) is 17.4. The van der Waals surface area contributed by atoms with Crippen molar-refractivity contribution in [2.45, 2.75) is 38.1 Å². The van der Waals surface area contributed by atoms with Gasteiger partial charge in [0.15, 0.2) is 0 Å². The van der Waals surface area contributed by atoms with E-state index in [1.807, 2.05) is 25.0 Å². The van der Waals surface area contributed by atoms with Crippen LogP contribution in [0.3, 0.4) is 0 Å². The van der Waals surface area contributed by atoms with Crippen LogP contribution in [0.5, 0.6) is 5.88 Å². The van der Waals surface area contributed by atoms with E-state index in [0.717, 1.165) is 24.8 Å². The van der Waals surface area contributed by atoms with Crippen molar-refractivity contribution in [2.75, 3.05) is 13.7 Å². The summed E-state index contributed by atoms with van der Waals surface area (Å²) in [5.74, 6) is 1.02. The second-order valence-corrected chi connectivity index (χ2v) is 6.99. The maximum Gasteiger partial charge on any atom is 0.274 e. The Kier molecular flexibility index (Phi) is 4.15. The summed E-state index contributed by atoms with van der Waals surface area (Å²) >= 11 is 0. The van der Waals surface area contributed by atoms with Crippen LogP contribution < -0.4 is 4.74 Å². The first-order chi connectivity index (χ1) is 12.1. The van der Waals surface area contributed by atoms with Gasteiger partial charge in [-0.2, -0.15) is 5.10 Å². The van der Waals surface area contributed by atoms with Gasteiger partial charge in [-0.1, -0.05) is 0 Å². The van der Waals surface area contributed by atoms with E-state index < -0.39 is 0 Å². The third-order valence-corrected chi connectivity index (χ3v) is 5.14. The van der Waals surface area contributed by atoms with E-state index in [2.05, 4.69) is 15.1 Å². The minimum Gasteiger partial charge on any atom is -0.476 e. The summed E-state index contributed by atoms with van der Waals surface area (Å²) in [6, 6.07) is 0.0394. The standard InChI is InChI=1S/C18H23N5O2/c1-22(15-4-3-5-16-13(15)8-21-23(16)2)18(24)14-9-20-17(10-19-14)25-11-12-6-7-12/h8-10,12,15H,3-7,11H2,1-2H3/t15-/m0/s1. The topological polar surface area (TPSA) is 73.1 Å². The van der Waals surface area contributed by atoms with Crippen molar-refractivity contribution < 1.29 is 9.53 Å². The Morgan fingerprint density at radius 1 is 1.28 bits per heavy atom. The first-order valence-corrected chi connectivity index (χ1v) is 8.86. The fourth-order valence-electron chi connectivity index (χ4n) is 3.40. The number of nitrogens with zero attached hydrogens (tertiary/aromatic N) is 5. The number of aromatic nitrogens is 4. The van der Waals surface area contributed by atoms with Gasteiger partial charge in [0, 0.05) is 25.4 Å². The van der Waals surface area contributed by atoms with Gasteiger partial charge in [-0.25, -0.2) is 9.97 Å². The minimum atomic E-state index is -0.122. The molecule has 0 unspecified atom stereocenters. The highest BCUT2D eigenvalue weighted by Gasteiger charge is 2.30. The summed E-state index contributed by atoms with van der Waals surface area (Å²) in [6.07, 6.45) is 10.4. The van der Waals surface area contributed by atoms with Gasteiger partial charge < -0.3 is 9.64 Å². The molecular weight excluding hydrogens is 318 g/mol. The SMILES string of the molecule is CN(C(=O)c1cnc(OCC2CC2)cn1)[C@H]1CCCc2c1cnn2C. The zero-order valence-electron chi connectivity index (χ0n) is 14.7. The summed E-state index contributed by atoms with van der Waals surface area (Å²) < 4.78 is 7.49. The van der Waals surface area contributed by atoms with Gasteiger partial charge in [0.2, 0.25) is 5.88 Å². The molecule has 0 aromatic carbocycles. The molecule has 0 bridgehead atoms. The molecular formula is C18H23N5O2. The third kappa shape index (κ3) is 3.23. The zero-order valence-corrected chi connectivity index (χ0v) is 14.7. The van der Waals surface area contributed by atoms with Crippen LogP contribution in [-0.2, 0) is 13.5 Å². The molecule has 0 radical (unpaired) electrons. The van der Waals surface area contributed by atoms with E-state index in [9.17, 15) is 4.79 Å². The molecule has 2 aromatic heterocycles. The fourth-order valence-corrected chi connectivity index (χ4v) is 3.40. The Morgan fingerprint density at radius 2 is 2.12 bits per heavy atom. The van der Waals surface area contributed by atoms with Crippen molar-refractivity contribution in [3.63, 3.8) is 0 Å². The van der Waals surface area contributed by atoms with E-state index in [1.54, 1.807) is 11.1 Å². The lowest BCUT2D eigenvalue weighted by Gasteiger charge is -2.31. The summed E-state index contributed by atoms with van der Waals surface area (Å²) in [7, 11) is 3.78. The fraction of sp³-hybridized carbons (Fsp3) is 0.556. The molecule has 25 heavy (non-hydrogen) atoms. The van der Waals surface area contributed by atoms with Crippen LogP contribution in [0.25, 0.3) is 0 Å². The highest BCUT2D eigenvalue weighted by Crippen LogP contribution is 2.34. The second-order valence-electron chi connectivity index (χ2n) is 6.99. The van der Waals surface area contributed by atoms with Gasteiger partial charge in [-0.05, 0) is 38.0 Å². The summed E-state index contributed by atoms with van der Waals surface area (Å²) in [4.78, 5) is 23.0. The summed E-state index contributed by atoms with van der Waals surface area (Å²) in [5.41, 5.74) is 2.70. The number of hydrogen-bond acceptors (Lipinski definition) is 5. The van der Waals surface area contributed by atoms with E-state index in [4.69, 9.17) is 4.74 Å². The molecule has 1 amide bonds. The van der Waals surface area contributed by atoms with Crippen molar-refractivity contribution in [1.29, 1.82) is 0 Å². The van der Waals surface area contributed by atoms with Gasteiger partial charge in [-0.15, -0.1) is 0 Å². The number of amides is 1. The number of aryl methyl sites for hydroxylation is 1. The van der Waals surface area contributed by atoms with Crippen molar-refractivity contribution in [3.8, 4) is 5.88 Å². The predicted octanol–water partition coefficient (Wildman–Crippen LogP) is 2.15. The summed E-state index contributed by atoms with van der Waals surface area (Å²) in [5, 5.41) is 4.35. The molecule has 0 aliphatic heterocycles. The lowest BCUT2D eigenvalue weighted by atomic mass is 9.92. The Morgan fingerprint density at radius 3 is 2.84 bits per heavy atom. The average molecular weight is 341 g/mol. The number of carbonyl (C=O) groups excluding carboxylic acids is 1. The predicted molar refractivity (Wildman–Crippen MR) is 91.2 cm³/mol. The monoisotopic (exact) mass is 341 g/mol. The van der Waals surface area contributed by atoms with Crippen LogP contribution in [0, 0.1) is 5.92 Å². The number of hydrogen-bond donors (Lipinski definition) is 0. The molecule has 2 aliphatic rings. The molecule has 1 saturated carbocycles. The van der Waals surface area contributed by atoms with Crippen molar-refractivity contribution in [1.82, 2.24) is 24.6 Å². The van der Waals surface area contributed by atoms with Crippen LogP contribution >= 0.6 is 0 Å². The van der Waals surface area contributed by atoms with E-state index in [-0.39, 0.29) is 11.9 Å². The summed E-state index contributed by atoms with van der Waals surface area (Å²) in [6.45, 7) is 0.688. The number of rotatable bonds is 5. The quantitative estimate of drug-likeness (QED) is 0.833. The van der Waals surface area contributed by atoms with E-state index >= 15 is 0 Å². The van der Waals surface area contributed by atoms with Gasteiger partial charge in [-0.3, -0.25) is 9.48 Å². The molecule has 2 aliphatic carbocycles. The van der Waals surface area contributed by atoms with Crippen LogP contribution in [0.15, 0.2) is 18.6 Å². The molecule has 2 aromatic rings. The molecule has 1 fully saturated rings. The van der Waals surface area contributed by atoms with Gasteiger partial charge in [0.05, 0.1) is 31.2 Å². The maximum absolute atomic E-state index is 12.8. The number of carbonyl (C=O) groups is 1. The molecule has 0 spiro atoms. The normalized spacial score (nSPS) is 19.4. The molecule has 0 N–H and O–H groups in total. The van der Waals surface area contributed by atoms with Crippen LogP contribution in [-0.4, -0.2) is 44.2 Å². The van der Waals surface area contributed by atoms with Gasteiger partial charge >= 0.3 is 0 Å². The minimum absolute atomic E-state index is 0.0394. The average Bonchev–Trinajstić information content (AvgIpc) is 3.41. The molecule has 1 atom stereocenters. The Hall–Kier alpha value is -2.44. The Balaban J connectivity index is 1.46. The molecule has 4 rings (SSSR count). The van der Waals surface area contributed by atoms with Gasteiger partial charge in [0.1, 0.15) is 5.69 Å². The molecule has 7 nitrogen and oxygen atoms in total. The third-order valence-electron chi connectivity index (χ3n) is 5.14. The molecule has 0 saturated heterocycles. The highest BCUT2D eigenvalue weighted by molar-refractivity contribution is 5.92. The molecule has 7 heteroatoms. The maximum atomic E-state index is 12.8. The number of ether oxygens (including phenoxy) is 1. The smallest absolute Gasteiger partial charge is 0.274 e. The Labute approximate surface area is 147 Å². The highest BCUT2D eigenvalue weighted by atomic mass is 16.5. The molecule has 132 valence electrons. The lowest BCUT2D eigenvalue weighted by molar-refractivity contribution is 0.0708. The van der Waals surface area contributed by atoms with E-state index in [0.29, 0.717) is 24.1 Å².